The van der Waals surface area contributed by atoms with Gasteiger partial charge in [0.05, 0.1) is 11.1 Å². The maximum absolute atomic E-state index is 7.17. The lowest BCUT2D eigenvalue weighted by molar-refractivity contribution is 0.489. The van der Waals surface area contributed by atoms with Gasteiger partial charge in [0.15, 0.2) is 5.75 Å². The first-order valence-electron chi connectivity index (χ1n) is 23.3. The van der Waals surface area contributed by atoms with Crippen LogP contribution in [0.1, 0.15) is 22.3 Å². The highest BCUT2D eigenvalue weighted by molar-refractivity contribution is 6.27. The number of hydrogen-bond donors (Lipinski definition) is 0. The van der Waals surface area contributed by atoms with Crippen molar-refractivity contribution >= 4 is 49.4 Å². The lowest BCUT2D eigenvalue weighted by atomic mass is 9.65. The Bertz CT molecular complexity index is 4020. The first kappa shape index (κ1) is 36.6. The fourth-order valence-electron chi connectivity index (χ4n) is 12.4. The molecule has 12 aromatic carbocycles. The van der Waals surface area contributed by atoms with Gasteiger partial charge in [-0.3, -0.25) is 0 Å². The van der Waals surface area contributed by atoms with Gasteiger partial charge in [0.25, 0.3) is 0 Å². The summed E-state index contributed by atoms with van der Waals surface area (Å²) in [5, 5.41) is 7.82. The fraction of sp³-hybridized carbons (Fsp3) is 0.0154. The second kappa shape index (κ2) is 13.7. The highest BCUT2D eigenvalue weighted by Crippen LogP contribution is 2.64. The Kier molecular flexibility index (Phi) is 7.46. The molecule has 0 fully saturated rings. The Balaban J connectivity index is 1.05. The second-order valence-electron chi connectivity index (χ2n) is 18.2. The zero-order valence-electron chi connectivity index (χ0n) is 36.4. The first-order chi connectivity index (χ1) is 33.3. The minimum atomic E-state index is -0.641. The number of hydrogen-bond acceptors (Lipinski definition) is 2. The van der Waals surface area contributed by atoms with Crippen LogP contribution in [-0.4, -0.2) is 0 Å². The summed E-state index contributed by atoms with van der Waals surface area (Å²) < 4.78 is 7.17. The first-order valence-corrected chi connectivity index (χ1v) is 23.3. The fourth-order valence-corrected chi connectivity index (χ4v) is 12.4. The predicted molar refractivity (Wildman–Crippen MR) is 278 cm³/mol. The molecule has 12 aromatic rings. The van der Waals surface area contributed by atoms with Crippen molar-refractivity contribution in [1.82, 2.24) is 0 Å². The van der Waals surface area contributed by atoms with E-state index in [1.807, 2.05) is 0 Å². The van der Waals surface area contributed by atoms with Crippen molar-refractivity contribution in [3.63, 3.8) is 0 Å². The summed E-state index contributed by atoms with van der Waals surface area (Å²) in [5.74, 6) is 1.67. The van der Waals surface area contributed by atoms with E-state index in [-0.39, 0.29) is 0 Å². The molecule has 0 radical (unpaired) electrons. The average molecular weight is 850 g/mol. The molecule has 15 rings (SSSR count). The van der Waals surface area contributed by atoms with Gasteiger partial charge in [-0.1, -0.05) is 194 Å². The number of anilines is 3. The summed E-state index contributed by atoms with van der Waals surface area (Å²) in [5.41, 5.74) is 19.6. The lowest BCUT2D eigenvalue weighted by Gasteiger charge is -2.36. The quantitative estimate of drug-likeness (QED) is 0.164. The molecule has 3 aliphatic rings. The third-order valence-corrected chi connectivity index (χ3v) is 15.0. The maximum Gasteiger partial charge on any atom is 0.159 e. The van der Waals surface area contributed by atoms with Gasteiger partial charge in [0, 0.05) is 22.5 Å². The number of ether oxygens (including phenoxy) is 1. The highest BCUT2D eigenvalue weighted by atomic mass is 16.5. The summed E-state index contributed by atoms with van der Waals surface area (Å²) >= 11 is 0. The Hall–Kier alpha value is -8.72. The normalized spacial score (nSPS) is 14.7. The molecule has 1 atom stereocenters. The van der Waals surface area contributed by atoms with Crippen molar-refractivity contribution in [2.24, 2.45) is 0 Å². The molecule has 1 unspecified atom stereocenters. The van der Waals surface area contributed by atoms with E-state index in [9.17, 15) is 0 Å². The Morgan fingerprint density at radius 3 is 1.64 bits per heavy atom. The zero-order valence-corrected chi connectivity index (χ0v) is 36.4. The molecule has 67 heavy (non-hydrogen) atoms. The average Bonchev–Trinajstić information content (AvgIpc) is 3.53. The summed E-state index contributed by atoms with van der Waals surface area (Å²) in [6.45, 7) is 0. The minimum Gasteiger partial charge on any atom is -0.454 e. The molecule has 1 aliphatic heterocycles. The molecule has 2 aliphatic carbocycles. The van der Waals surface area contributed by atoms with E-state index in [0.29, 0.717) is 0 Å². The van der Waals surface area contributed by atoms with Gasteiger partial charge in [-0.25, -0.2) is 0 Å². The van der Waals surface area contributed by atoms with Crippen LogP contribution >= 0.6 is 0 Å². The van der Waals surface area contributed by atoms with E-state index in [0.717, 1.165) is 50.8 Å². The van der Waals surface area contributed by atoms with Crippen molar-refractivity contribution < 1.29 is 4.74 Å². The summed E-state index contributed by atoms with van der Waals surface area (Å²) in [6, 6.07) is 87.8. The number of benzene rings is 12. The van der Waals surface area contributed by atoms with Crippen LogP contribution in [0.5, 0.6) is 11.5 Å². The molecule has 310 valence electrons. The Morgan fingerprint density at radius 1 is 0.313 bits per heavy atom. The standard InChI is InChI=1S/C65H39NO/c1-2-18-43(19-3-1)66(59-30-15-27-51-47-22-6-5-21-46(47)50-25-10-13-31-60(50)67-64(51)59)44-35-37-57-54(39-44)48-23-7-4-20-45(48)49-24-8-11-28-55(49)65(57)56-29-12-9-26-52(56)63-53-36-34-41-17-14-16-40-32-33-42(38-58(63)65)62(53)61(40)41/h1-39H. The van der Waals surface area contributed by atoms with Gasteiger partial charge in [0.1, 0.15) is 5.75 Å². The molecule has 0 saturated heterocycles. The Morgan fingerprint density at radius 2 is 0.866 bits per heavy atom. The monoisotopic (exact) mass is 849 g/mol. The van der Waals surface area contributed by atoms with Crippen molar-refractivity contribution in [2.75, 3.05) is 4.90 Å². The number of fused-ring (bicyclic) bond motifs is 18. The second-order valence-corrected chi connectivity index (χ2v) is 18.2. The summed E-state index contributed by atoms with van der Waals surface area (Å²) in [4.78, 5) is 2.39. The molecule has 1 heterocycles. The third kappa shape index (κ3) is 4.89. The van der Waals surface area contributed by atoms with E-state index in [4.69, 9.17) is 4.74 Å². The van der Waals surface area contributed by atoms with Crippen LogP contribution in [0.25, 0.3) is 88.0 Å². The zero-order chi connectivity index (χ0) is 43.8. The number of para-hydroxylation sites is 3. The molecule has 0 N–H and O–H groups in total. The molecule has 0 amide bonds. The molecule has 0 aromatic heterocycles. The van der Waals surface area contributed by atoms with E-state index >= 15 is 0 Å². The topological polar surface area (TPSA) is 12.5 Å². The highest BCUT2D eigenvalue weighted by Gasteiger charge is 2.50. The van der Waals surface area contributed by atoms with E-state index in [1.165, 1.54) is 88.0 Å². The third-order valence-electron chi connectivity index (χ3n) is 15.0. The van der Waals surface area contributed by atoms with Crippen LogP contribution in [0.15, 0.2) is 237 Å². The van der Waals surface area contributed by atoms with Crippen molar-refractivity contribution in [3.05, 3.63) is 259 Å². The van der Waals surface area contributed by atoms with Crippen molar-refractivity contribution in [1.29, 1.82) is 0 Å². The van der Waals surface area contributed by atoms with Gasteiger partial charge in [-0.15, -0.1) is 0 Å². The van der Waals surface area contributed by atoms with Crippen LogP contribution < -0.4 is 9.64 Å². The molecule has 1 spiro atoms. The maximum atomic E-state index is 7.17. The van der Waals surface area contributed by atoms with Crippen LogP contribution in [-0.2, 0) is 5.41 Å². The van der Waals surface area contributed by atoms with Gasteiger partial charge in [-0.2, -0.15) is 0 Å². The summed E-state index contributed by atoms with van der Waals surface area (Å²) in [6.07, 6.45) is 0. The largest absolute Gasteiger partial charge is 0.454 e. The summed E-state index contributed by atoms with van der Waals surface area (Å²) in [7, 11) is 0. The van der Waals surface area contributed by atoms with Gasteiger partial charge < -0.3 is 9.64 Å². The molecular weight excluding hydrogens is 811 g/mol. The van der Waals surface area contributed by atoms with E-state index in [2.05, 4.69) is 241 Å². The van der Waals surface area contributed by atoms with Crippen LogP contribution in [0.2, 0.25) is 0 Å². The van der Waals surface area contributed by atoms with E-state index < -0.39 is 5.41 Å². The van der Waals surface area contributed by atoms with Gasteiger partial charge in [0.2, 0.25) is 0 Å². The van der Waals surface area contributed by atoms with Crippen molar-refractivity contribution in [2.45, 2.75) is 5.41 Å². The van der Waals surface area contributed by atoms with Gasteiger partial charge >= 0.3 is 0 Å². The van der Waals surface area contributed by atoms with Crippen molar-refractivity contribution in [3.8, 4) is 67.1 Å². The van der Waals surface area contributed by atoms with Crippen LogP contribution in [0.3, 0.4) is 0 Å². The molecule has 2 nitrogen and oxygen atoms in total. The smallest absolute Gasteiger partial charge is 0.159 e. The SMILES string of the molecule is c1ccc(N(c2ccc3c(c2)-c2ccccc2-c2ccccc2C32c3ccccc3-c3c2cc2ccc4cccc5ccc3c2c45)c2cccc3c2Oc2ccccc2-c2ccccc2-3)cc1. The van der Waals surface area contributed by atoms with Gasteiger partial charge in [-0.05, 0) is 142 Å². The lowest BCUT2D eigenvalue weighted by Crippen LogP contribution is -2.29. The number of rotatable bonds is 3. The molecule has 0 saturated carbocycles. The predicted octanol–water partition coefficient (Wildman–Crippen LogP) is 17.5. The molecule has 2 heteroatoms. The molecular formula is C65H39NO. The molecule has 0 bridgehead atoms. The Labute approximate surface area is 388 Å². The van der Waals surface area contributed by atoms with Crippen LogP contribution in [0, 0.1) is 0 Å². The minimum absolute atomic E-state index is 0.641. The van der Waals surface area contributed by atoms with Crippen LogP contribution in [0.4, 0.5) is 17.1 Å². The number of nitrogens with zero attached hydrogens (tertiary/aromatic N) is 1. The van der Waals surface area contributed by atoms with E-state index in [1.54, 1.807) is 0 Å².